The van der Waals surface area contributed by atoms with E-state index in [1.807, 2.05) is 0 Å². The van der Waals surface area contributed by atoms with Crippen LogP contribution in [-0.4, -0.2) is 12.6 Å². The number of anilines is 1. The molecule has 0 amide bonds. The first-order chi connectivity index (χ1) is 7.34. The fraction of sp³-hybridized carbons (Fsp3) is 0.538. The first-order valence-corrected chi connectivity index (χ1v) is 5.94. The predicted octanol–water partition coefficient (Wildman–Crippen LogP) is 2.60. The molecule has 0 saturated heterocycles. The van der Waals surface area contributed by atoms with Gasteiger partial charge in [-0.15, -0.1) is 0 Å². The first kappa shape index (κ1) is 9.22. The van der Waals surface area contributed by atoms with Crippen molar-refractivity contribution in [3.63, 3.8) is 0 Å². The van der Waals surface area contributed by atoms with Gasteiger partial charge in [0.05, 0.1) is 0 Å². The Morgan fingerprint density at radius 3 is 2.93 bits per heavy atom. The average molecular weight is 202 g/mol. The zero-order chi connectivity index (χ0) is 10.3. The Kier molecular flexibility index (Phi) is 2.17. The molecule has 0 radical (unpaired) electrons. The number of hydrogen-bond acceptors (Lipinski definition) is 2. The predicted molar refractivity (Wildman–Crippen MR) is 63.2 cm³/mol. The van der Waals surface area contributed by atoms with Crippen LogP contribution in [0.15, 0.2) is 18.2 Å². The molecule has 2 nitrogen and oxygen atoms in total. The van der Waals surface area contributed by atoms with Crippen molar-refractivity contribution in [2.24, 2.45) is 0 Å². The molecule has 1 atom stereocenters. The van der Waals surface area contributed by atoms with Crippen LogP contribution in [0.25, 0.3) is 0 Å². The van der Waals surface area contributed by atoms with Crippen molar-refractivity contribution in [2.75, 3.05) is 11.9 Å². The molecule has 0 spiro atoms. The lowest BCUT2D eigenvalue weighted by atomic mass is 9.93. The van der Waals surface area contributed by atoms with E-state index in [9.17, 15) is 0 Å². The standard InChI is InChI=1S/C13H18N2/c1-9-3-2-4-11-13(9)12(7-8-14-11)15-10-5-6-10/h2-4,10,12,14-15H,5-8H2,1H3. The van der Waals surface area contributed by atoms with Gasteiger partial charge in [0.15, 0.2) is 0 Å². The van der Waals surface area contributed by atoms with Crippen LogP contribution >= 0.6 is 0 Å². The molecular weight excluding hydrogens is 184 g/mol. The van der Waals surface area contributed by atoms with E-state index in [-0.39, 0.29) is 0 Å². The van der Waals surface area contributed by atoms with Gasteiger partial charge in [-0.3, -0.25) is 0 Å². The van der Waals surface area contributed by atoms with Crippen LogP contribution in [0.4, 0.5) is 5.69 Å². The molecule has 1 fully saturated rings. The van der Waals surface area contributed by atoms with E-state index in [0.717, 1.165) is 12.6 Å². The lowest BCUT2D eigenvalue weighted by Crippen LogP contribution is -2.30. The smallest absolute Gasteiger partial charge is 0.0391 e. The van der Waals surface area contributed by atoms with Crippen LogP contribution in [0.2, 0.25) is 0 Å². The van der Waals surface area contributed by atoms with E-state index in [4.69, 9.17) is 0 Å². The van der Waals surface area contributed by atoms with Crippen LogP contribution in [0.1, 0.15) is 36.4 Å². The molecule has 3 rings (SSSR count). The summed E-state index contributed by atoms with van der Waals surface area (Å²) in [5.41, 5.74) is 4.24. The second-order valence-corrected chi connectivity index (χ2v) is 4.75. The van der Waals surface area contributed by atoms with Gasteiger partial charge in [-0.2, -0.15) is 0 Å². The van der Waals surface area contributed by atoms with E-state index in [0.29, 0.717) is 6.04 Å². The highest BCUT2D eigenvalue weighted by Gasteiger charge is 2.28. The summed E-state index contributed by atoms with van der Waals surface area (Å²) in [4.78, 5) is 0. The molecule has 1 unspecified atom stereocenters. The number of benzene rings is 1. The summed E-state index contributed by atoms with van der Waals surface area (Å²) < 4.78 is 0. The maximum atomic E-state index is 3.75. The third-order valence-corrected chi connectivity index (χ3v) is 3.44. The summed E-state index contributed by atoms with van der Waals surface area (Å²) in [6.07, 6.45) is 3.95. The van der Waals surface area contributed by atoms with Crippen molar-refractivity contribution in [1.82, 2.24) is 5.32 Å². The van der Waals surface area contributed by atoms with Crippen LogP contribution in [-0.2, 0) is 0 Å². The van der Waals surface area contributed by atoms with Gasteiger partial charge < -0.3 is 10.6 Å². The molecule has 80 valence electrons. The van der Waals surface area contributed by atoms with Gasteiger partial charge >= 0.3 is 0 Å². The third kappa shape index (κ3) is 1.74. The maximum absolute atomic E-state index is 3.75. The van der Waals surface area contributed by atoms with Gasteiger partial charge in [0.25, 0.3) is 0 Å². The quantitative estimate of drug-likeness (QED) is 0.770. The third-order valence-electron chi connectivity index (χ3n) is 3.44. The zero-order valence-electron chi connectivity index (χ0n) is 9.22. The minimum Gasteiger partial charge on any atom is -0.385 e. The lowest BCUT2D eigenvalue weighted by molar-refractivity contribution is 0.496. The maximum Gasteiger partial charge on any atom is 0.0391 e. The molecule has 1 aromatic rings. The van der Waals surface area contributed by atoms with E-state index >= 15 is 0 Å². The summed E-state index contributed by atoms with van der Waals surface area (Å²) in [7, 11) is 0. The summed E-state index contributed by atoms with van der Waals surface area (Å²) in [5.74, 6) is 0. The number of hydrogen-bond donors (Lipinski definition) is 2. The van der Waals surface area contributed by atoms with Gasteiger partial charge in [-0.1, -0.05) is 12.1 Å². The number of rotatable bonds is 2. The van der Waals surface area contributed by atoms with Gasteiger partial charge in [0, 0.05) is 24.3 Å². The van der Waals surface area contributed by atoms with Gasteiger partial charge in [-0.05, 0) is 43.4 Å². The van der Waals surface area contributed by atoms with Gasteiger partial charge in [0.1, 0.15) is 0 Å². The minimum absolute atomic E-state index is 0.579. The fourth-order valence-electron chi connectivity index (χ4n) is 2.49. The Bertz CT molecular complexity index is 369. The summed E-state index contributed by atoms with van der Waals surface area (Å²) in [6, 6.07) is 7.92. The molecule has 1 aromatic carbocycles. The minimum atomic E-state index is 0.579. The lowest BCUT2D eigenvalue weighted by Gasteiger charge is -2.29. The highest BCUT2D eigenvalue weighted by Crippen LogP contribution is 2.34. The number of fused-ring (bicyclic) bond motifs is 1. The van der Waals surface area contributed by atoms with Crippen molar-refractivity contribution >= 4 is 5.69 Å². The first-order valence-electron chi connectivity index (χ1n) is 5.94. The second-order valence-electron chi connectivity index (χ2n) is 4.75. The normalized spacial score (nSPS) is 24.5. The Labute approximate surface area is 91.1 Å². The van der Waals surface area contributed by atoms with Crippen LogP contribution < -0.4 is 10.6 Å². The molecular formula is C13H18N2. The Morgan fingerprint density at radius 2 is 2.13 bits per heavy atom. The van der Waals surface area contributed by atoms with Gasteiger partial charge in [0.2, 0.25) is 0 Å². The fourth-order valence-corrected chi connectivity index (χ4v) is 2.49. The molecule has 0 bridgehead atoms. The topological polar surface area (TPSA) is 24.1 Å². The van der Waals surface area contributed by atoms with E-state index in [1.165, 1.54) is 36.1 Å². The summed E-state index contributed by atoms with van der Waals surface area (Å²) in [6.45, 7) is 3.31. The zero-order valence-corrected chi connectivity index (χ0v) is 9.22. The van der Waals surface area contributed by atoms with Crippen molar-refractivity contribution in [2.45, 2.75) is 38.3 Å². The molecule has 2 N–H and O–H groups in total. The molecule has 1 aliphatic heterocycles. The van der Waals surface area contributed by atoms with Crippen molar-refractivity contribution < 1.29 is 0 Å². The Hall–Kier alpha value is -1.02. The summed E-state index contributed by atoms with van der Waals surface area (Å²) >= 11 is 0. The average Bonchev–Trinajstić information content (AvgIpc) is 3.02. The van der Waals surface area contributed by atoms with Crippen LogP contribution in [0.5, 0.6) is 0 Å². The van der Waals surface area contributed by atoms with E-state index in [1.54, 1.807) is 0 Å². The molecule has 2 heteroatoms. The molecule has 0 aromatic heterocycles. The molecule has 2 aliphatic rings. The van der Waals surface area contributed by atoms with Crippen LogP contribution in [0, 0.1) is 6.92 Å². The SMILES string of the molecule is Cc1cccc2c1C(NC1CC1)CCN2. The summed E-state index contributed by atoms with van der Waals surface area (Å²) in [5, 5.41) is 7.24. The van der Waals surface area contributed by atoms with Crippen molar-refractivity contribution in [3.05, 3.63) is 29.3 Å². The van der Waals surface area contributed by atoms with E-state index in [2.05, 4.69) is 35.8 Å². The monoisotopic (exact) mass is 202 g/mol. The molecule has 1 saturated carbocycles. The Morgan fingerprint density at radius 1 is 1.27 bits per heavy atom. The Balaban J connectivity index is 1.93. The largest absolute Gasteiger partial charge is 0.385 e. The van der Waals surface area contributed by atoms with E-state index < -0.39 is 0 Å². The van der Waals surface area contributed by atoms with Crippen molar-refractivity contribution in [3.8, 4) is 0 Å². The highest BCUT2D eigenvalue weighted by atomic mass is 15.0. The van der Waals surface area contributed by atoms with Crippen molar-refractivity contribution in [1.29, 1.82) is 0 Å². The second kappa shape index (κ2) is 3.53. The molecule has 1 heterocycles. The molecule has 1 aliphatic carbocycles. The van der Waals surface area contributed by atoms with Crippen LogP contribution in [0.3, 0.4) is 0 Å². The number of nitrogens with one attached hydrogen (secondary N) is 2. The van der Waals surface area contributed by atoms with Gasteiger partial charge in [-0.25, -0.2) is 0 Å². The molecule has 15 heavy (non-hydrogen) atoms. The number of aryl methyl sites for hydroxylation is 1. The highest BCUT2D eigenvalue weighted by molar-refractivity contribution is 5.57.